The summed E-state index contributed by atoms with van der Waals surface area (Å²) >= 11 is 4.04. The van der Waals surface area contributed by atoms with Gasteiger partial charge in [-0.2, -0.15) is 12.6 Å². The number of carbonyl (C=O) groups is 6. The Morgan fingerprint density at radius 3 is 2.10 bits per heavy atom. The molecule has 1 heterocycles. The summed E-state index contributed by atoms with van der Waals surface area (Å²) in [6.07, 6.45) is -0.0350. The van der Waals surface area contributed by atoms with Gasteiger partial charge < -0.3 is 37.2 Å². The van der Waals surface area contributed by atoms with Crippen LogP contribution in [-0.4, -0.2) is 82.2 Å². The van der Waals surface area contributed by atoms with E-state index in [0.717, 1.165) is 6.42 Å². The number of aliphatic carboxylic acids is 2. The van der Waals surface area contributed by atoms with Crippen molar-refractivity contribution in [3.8, 4) is 0 Å². The Kier molecular flexibility index (Phi) is 10.8. The van der Waals surface area contributed by atoms with Gasteiger partial charge in [-0.1, -0.05) is 0 Å². The van der Waals surface area contributed by atoms with Crippen LogP contribution in [0.5, 0.6) is 0 Å². The minimum atomic E-state index is -1.74. The minimum Gasteiger partial charge on any atom is -0.481 e. The molecule has 31 heavy (non-hydrogen) atoms. The topological polar surface area (TPSA) is 217 Å². The summed E-state index contributed by atoms with van der Waals surface area (Å²) < 4.78 is 0. The molecule has 0 saturated carbocycles. The summed E-state index contributed by atoms with van der Waals surface area (Å²) in [5, 5.41) is 27.7. The molecule has 0 aromatic carbocycles. The van der Waals surface area contributed by atoms with E-state index in [0.29, 0.717) is 13.0 Å². The first-order valence-corrected chi connectivity index (χ1v) is 10.2. The number of carboxylic acids is 2. The fourth-order valence-electron chi connectivity index (χ4n) is 2.85. The highest BCUT2D eigenvalue weighted by molar-refractivity contribution is 7.80. The van der Waals surface area contributed by atoms with E-state index >= 15 is 0 Å². The standard InChI is InChI=1S/C17H27N5O8S/c18-12(23)4-3-9(15(27)21-10(17(29)30)6-13(24)25)20-16(28)11(7-31)22-14(26)8-2-1-5-19-8/h8-11,19,31H,1-7H2,(H2,18,23)(H,20,28)(H,21,27)(H,22,26)(H,24,25)(H,29,30). The van der Waals surface area contributed by atoms with Gasteiger partial charge in [-0.05, 0) is 25.8 Å². The minimum absolute atomic E-state index is 0.0920. The van der Waals surface area contributed by atoms with Crippen LogP contribution in [0.25, 0.3) is 0 Å². The van der Waals surface area contributed by atoms with Crippen LogP contribution in [0.15, 0.2) is 0 Å². The molecule has 13 nitrogen and oxygen atoms in total. The van der Waals surface area contributed by atoms with Crippen molar-refractivity contribution in [2.75, 3.05) is 12.3 Å². The molecule has 14 heteroatoms. The number of hydrogen-bond acceptors (Lipinski definition) is 8. The second-order valence-electron chi connectivity index (χ2n) is 6.96. The molecule has 4 amide bonds. The molecule has 1 saturated heterocycles. The molecule has 0 radical (unpaired) electrons. The molecular weight excluding hydrogens is 434 g/mol. The van der Waals surface area contributed by atoms with Crippen LogP contribution in [-0.2, 0) is 28.8 Å². The predicted molar refractivity (Wildman–Crippen MR) is 109 cm³/mol. The third kappa shape index (κ3) is 9.21. The molecule has 0 spiro atoms. The van der Waals surface area contributed by atoms with Crippen molar-refractivity contribution < 1.29 is 39.0 Å². The molecule has 0 aromatic rings. The number of nitrogens with two attached hydrogens (primary N) is 1. The van der Waals surface area contributed by atoms with Gasteiger partial charge in [-0.25, -0.2) is 4.79 Å². The average Bonchev–Trinajstić information content (AvgIpc) is 3.22. The van der Waals surface area contributed by atoms with Crippen LogP contribution < -0.4 is 27.0 Å². The smallest absolute Gasteiger partial charge is 0.326 e. The summed E-state index contributed by atoms with van der Waals surface area (Å²) in [7, 11) is 0. The average molecular weight is 461 g/mol. The summed E-state index contributed by atoms with van der Waals surface area (Å²) in [6.45, 7) is 0.673. The lowest BCUT2D eigenvalue weighted by molar-refractivity contribution is -0.147. The van der Waals surface area contributed by atoms with Crippen LogP contribution >= 0.6 is 12.6 Å². The Morgan fingerprint density at radius 2 is 1.61 bits per heavy atom. The van der Waals surface area contributed by atoms with Crippen molar-refractivity contribution in [1.29, 1.82) is 0 Å². The maximum absolute atomic E-state index is 12.6. The van der Waals surface area contributed by atoms with Gasteiger partial charge in [-0.15, -0.1) is 0 Å². The molecule has 1 fully saturated rings. The number of carboxylic acid groups (broad SMARTS) is 2. The first-order chi connectivity index (χ1) is 14.5. The second kappa shape index (κ2) is 12.7. The highest BCUT2D eigenvalue weighted by atomic mass is 32.1. The molecule has 1 aliphatic rings. The monoisotopic (exact) mass is 461 g/mol. The van der Waals surface area contributed by atoms with E-state index in [4.69, 9.17) is 15.9 Å². The predicted octanol–water partition coefficient (Wildman–Crippen LogP) is -3.05. The Bertz CT molecular complexity index is 713. The fourth-order valence-corrected chi connectivity index (χ4v) is 3.11. The van der Waals surface area contributed by atoms with Gasteiger partial charge >= 0.3 is 11.9 Å². The molecule has 1 rings (SSSR count). The number of thiol groups is 1. The summed E-state index contributed by atoms with van der Waals surface area (Å²) in [4.78, 5) is 70.4. The van der Waals surface area contributed by atoms with Crippen LogP contribution in [0.3, 0.4) is 0 Å². The van der Waals surface area contributed by atoms with Crippen molar-refractivity contribution in [2.45, 2.75) is 56.3 Å². The van der Waals surface area contributed by atoms with Crippen molar-refractivity contribution in [3.05, 3.63) is 0 Å². The van der Waals surface area contributed by atoms with Gasteiger partial charge in [0, 0.05) is 12.2 Å². The van der Waals surface area contributed by atoms with Crippen LogP contribution in [0.4, 0.5) is 0 Å². The highest BCUT2D eigenvalue weighted by Crippen LogP contribution is 2.06. The van der Waals surface area contributed by atoms with E-state index in [2.05, 4.69) is 28.6 Å². The van der Waals surface area contributed by atoms with Gasteiger partial charge in [0.05, 0.1) is 12.5 Å². The van der Waals surface area contributed by atoms with Crippen molar-refractivity contribution in [1.82, 2.24) is 21.3 Å². The van der Waals surface area contributed by atoms with Gasteiger partial charge in [0.15, 0.2) is 0 Å². The van der Waals surface area contributed by atoms with Gasteiger partial charge in [0.25, 0.3) is 0 Å². The summed E-state index contributed by atoms with van der Waals surface area (Å²) in [5.74, 6) is -6.09. The lowest BCUT2D eigenvalue weighted by atomic mass is 10.1. The lowest BCUT2D eigenvalue weighted by Crippen LogP contribution is -2.57. The van der Waals surface area contributed by atoms with Crippen molar-refractivity contribution >= 4 is 48.2 Å². The van der Waals surface area contributed by atoms with Crippen LogP contribution in [0, 0.1) is 0 Å². The second-order valence-corrected chi connectivity index (χ2v) is 7.32. The molecule has 4 atom stereocenters. The number of nitrogens with one attached hydrogen (secondary N) is 4. The highest BCUT2D eigenvalue weighted by Gasteiger charge is 2.31. The molecule has 0 aromatic heterocycles. The van der Waals surface area contributed by atoms with E-state index in [9.17, 15) is 28.8 Å². The van der Waals surface area contributed by atoms with Gasteiger partial charge in [0.2, 0.25) is 23.6 Å². The molecule has 8 N–H and O–H groups in total. The molecule has 174 valence electrons. The number of primary amides is 1. The SMILES string of the molecule is NC(=O)CCC(NC(=O)C(CS)NC(=O)C1CCCN1)C(=O)NC(CC(=O)O)C(=O)O. The quantitative estimate of drug-likeness (QED) is 0.130. The lowest BCUT2D eigenvalue weighted by Gasteiger charge is -2.24. The molecule has 4 unspecified atom stereocenters. The third-order valence-corrected chi connectivity index (χ3v) is 4.86. The van der Waals surface area contributed by atoms with Crippen molar-refractivity contribution in [2.24, 2.45) is 5.73 Å². The van der Waals surface area contributed by atoms with Crippen LogP contribution in [0.2, 0.25) is 0 Å². The van der Waals surface area contributed by atoms with E-state index in [-0.39, 0.29) is 18.6 Å². The maximum Gasteiger partial charge on any atom is 0.326 e. The molecule has 0 aliphatic carbocycles. The van der Waals surface area contributed by atoms with E-state index in [1.54, 1.807) is 0 Å². The Morgan fingerprint density at radius 1 is 1.00 bits per heavy atom. The summed E-state index contributed by atoms with van der Waals surface area (Å²) in [5.41, 5.74) is 5.08. The molecular formula is C17H27N5O8S. The fraction of sp³-hybridized carbons (Fsp3) is 0.647. The zero-order valence-electron chi connectivity index (χ0n) is 16.6. The number of rotatable bonds is 13. The molecule has 1 aliphatic heterocycles. The Balaban J connectivity index is 2.84. The maximum atomic E-state index is 12.6. The number of amides is 4. The Hall–Kier alpha value is -2.87. The Labute approximate surface area is 183 Å². The normalized spacial score (nSPS) is 18.3. The first-order valence-electron chi connectivity index (χ1n) is 9.53. The van der Waals surface area contributed by atoms with Gasteiger partial charge in [-0.3, -0.25) is 24.0 Å². The van der Waals surface area contributed by atoms with Gasteiger partial charge in [0.1, 0.15) is 18.1 Å². The third-order valence-electron chi connectivity index (χ3n) is 4.50. The van der Waals surface area contributed by atoms with Crippen LogP contribution in [0.1, 0.15) is 32.1 Å². The summed E-state index contributed by atoms with van der Waals surface area (Å²) in [6, 6.07) is -4.68. The first kappa shape index (κ1) is 26.2. The van der Waals surface area contributed by atoms with E-state index < -0.39 is 66.2 Å². The zero-order valence-corrected chi connectivity index (χ0v) is 17.5. The van der Waals surface area contributed by atoms with Crippen molar-refractivity contribution in [3.63, 3.8) is 0 Å². The zero-order chi connectivity index (χ0) is 23.6. The van der Waals surface area contributed by atoms with E-state index in [1.807, 2.05) is 5.32 Å². The largest absolute Gasteiger partial charge is 0.481 e. The molecule has 0 bridgehead atoms. The number of carbonyl (C=O) groups excluding carboxylic acids is 4. The van der Waals surface area contributed by atoms with E-state index in [1.165, 1.54) is 0 Å². The number of hydrogen-bond donors (Lipinski definition) is 8.